The molecule has 2 aromatic rings. The third-order valence-corrected chi connectivity index (χ3v) is 4.09. The lowest BCUT2D eigenvalue weighted by Crippen LogP contribution is -2.14. The first kappa shape index (κ1) is 14.7. The summed E-state index contributed by atoms with van der Waals surface area (Å²) in [5, 5.41) is 2.58. The number of benzene rings is 1. The van der Waals surface area contributed by atoms with E-state index in [0.29, 0.717) is 10.0 Å². The number of amides is 1. The van der Waals surface area contributed by atoms with Crippen LogP contribution in [0.5, 0.6) is 0 Å². The van der Waals surface area contributed by atoms with E-state index >= 15 is 0 Å². The van der Waals surface area contributed by atoms with Crippen molar-refractivity contribution < 1.29 is 13.2 Å². The number of aromatic nitrogens is 1. The van der Waals surface area contributed by atoms with E-state index in [0.717, 1.165) is 6.26 Å². The molecular weight excluding hydrogens is 344 g/mol. The monoisotopic (exact) mass is 354 g/mol. The number of carbonyl (C=O) groups is 1. The van der Waals surface area contributed by atoms with Crippen LogP contribution in [0.1, 0.15) is 10.4 Å². The maximum Gasteiger partial charge on any atom is 0.257 e. The van der Waals surface area contributed by atoms with E-state index in [2.05, 4.69) is 26.2 Å². The number of hydrogen-bond acceptors (Lipinski definition) is 4. The predicted molar refractivity (Wildman–Crippen MR) is 79.4 cm³/mol. The minimum absolute atomic E-state index is 0.0799. The Morgan fingerprint density at radius 2 is 1.95 bits per heavy atom. The molecule has 0 saturated heterocycles. The number of sulfone groups is 1. The molecule has 0 saturated carbocycles. The molecule has 0 bridgehead atoms. The smallest absolute Gasteiger partial charge is 0.257 e. The Balaban J connectivity index is 2.34. The molecule has 20 heavy (non-hydrogen) atoms. The van der Waals surface area contributed by atoms with Gasteiger partial charge in [0.1, 0.15) is 0 Å². The molecular formula is C13H11BrN2O3S. The molecule has 0 aliphatic heterocycles. The summed E-state index contributed by atoms with van der Waals surface area (Å²) in [6.45, 7) is 0. The molecule has 0 spiro atoms. The van der Waals surface area contributed by atoms with E-state index in [-0.39, 0.29) is 10.6 Å². The molecule has 0 aliphatic carbocycles. The number of para-hydroxylation sites is 1. The van der Waals surface area contributed by atoms with E-state index in [1.165, 1.54) is 12.3 Å². The number of anilines is 1. The highest BCUT2D eigenvalue weighted by Gasteiger charge is 2.15. The fourth-order valence-corrected chi connectivity index (χ4v) is 2.83. The molecule has 1 aromatic carbocycles. The summed E-state index contributed by atoms with van der Waals surface area (Å²) < 4.78 is 24.0. The highest BCUT2D eigenvalue weighted by molar-refractivity contribution is 9.10. The zero-order valence-electron chi connectivity index (χ0n) is 10.5. The molecule has 1 N–H and O–H groups in total. The largest absolute Gasteiger partial charge is 0.321 e. The van der Waals surface area contributed by atoms with Crippen molar-refractivity contribution in [2.24, 2.45) is 0 Å². The second-order valence-corrected chi connectivity index (χ2v) is 7.01. The Morgan fingerprint density at radius 1 is 1.25 bits per heavy atom. The second-order valence-electron chi connectivity index (χ2n) is 4.11. The van der Waals surface area contributed by atoms with Crippen LogP contribution in [0.15, 0.2) is 52.1 Å². The lowest BCUT2D eigenvalue weighted by Gasteiger charge is -2.09. The molecule has 104 valence electrons. The molecule has 1 aromatic heterocycles. The molecule has 1 amide bonds. The van der Waals surface area contributed by atoms with Gasteiger partial charge in [-0.25, -0.2) is 8.42 Å². The van der Waals surface area contributed by atoms with Gasteiger partial charge in [-0.2, -0.15) is 0 Å². The summed E-state index contributed by atoms with van der Waals surface area (Å²) in [7, 11) is -3.41. The average Bonchev–Trinajstić information content (AvgIpc) is 2.38. The standard InChI is InChI=1S/C13H11BrN2O3S/c1-20(18,19)12-5-3-2-4-11(12)16-13(17)9-6-10(14)8-15-7-9/h2-8H,1H3,(H,16,17). The highest BCUT2D eigenvalue weighted by atomic mass is 79.9. The van der Waals surface area contributed by atoms with E-state index in [1.54, 1.807) is 30.5 Å². The summed E-state index contributed by atoms with van der Waals surface area (Å²) in [5.74, 6) is -0.421. The summed E-state index contributed by atoms with van der Waals surface area (Å²) in [5.41, 5.74) is 0.586. The molecule has 1 heterocycles. The number of halogens is 1. The van der Waals surface area contributed by atoms with Crippen LogP contribution < -0.4 is 5.32 Å². The quantitative estimate of drug-likeness (QED) is 0.918. The van der Waals surface area contributed by atoms with Crippen LogP contribution in [0, 0.1) is 0 Å². The average molecular weight is 355 g/mol. The van der Waals surface area contributed by atoms with Crippen LogP contribution in [-0.2, 0) is 9.84 Å². The Labute approximate surface area is 125 Å². The van der Waals surface area contributed by atoms with Crippen molar-refractivity contribution in [2.45, 2.75) is 4.90 Å². The van der Waals surface area contributed by atoms with Crippen LogP contribution in [0.2, 0.25) is 0 Å². The van der Waals surface area contributed by atoms with Crippen molar-refractivity contribution in [1.29, 1.82) is 0 Å². The van der Waals surface area contributed by atoms with Gasteiger partial charge < -0.3 is 5.32 Å². The first-order valence-electron chi connectivity index (χ1n) is 5.59. The maximum atomic E-state index is 12.1. The third-order valence-electron chi connectivity index (χ3n) is 2.50. The fraction of sp³-hybridized carbons (Fsp3) is 0.0769. The van der Waals surface area contributed by atoms with Crippen molar-refractivity contribution >= 4 is 37.4 Å². The van der Waals surface area contributed by atoms with Crippen molar-refractivity contribution in [3.05, 3.63) is 52.8 Å². The number of nitrogens with one attached hydrogen (secondary N) is 1. The summed E-state index contributed by atoms with van der Waals surface area (Å²) >= 11 is 3.22. The van der Waals surface area contributed by atoms with E-state index in [1.807, 2.05) is 0 Å². The molecule has 7 heteroatoms. The van der Waals surface area contributed by atoms with Gasteiger partial charge in [0, 0.05) is 23.1 Å². The number of carbonyl (C=O) groups excluding carboxylic acids is 1. The summed E-state index contributed by atoms with van der Waals surface area (Å²) in [6, 6.07) is 7.85. The molecule has 0 radical (unpaired) electrons. The number of nitrogens with zero attached hydrogens (tertiary/aromatic N) is 1. The van der Waals surface area contributed by atoms with Crippen molar-refractivity contribution in [3.8, 4) is 0 Å². The van der Waals surface area contributed by atoms with E-state index < -0.39 is 15.7 Å². The third kappa shape index (κ3) is 3.43. The SMILES string of the molecule is CS(=O)(=O)c1ccccc1NC(=O)c1cncc(Br)c1. The van der Waals surface area contributed by atoms with Gasteiger partial charge in [-0.15, -0.1) is 0 Å². The molecule has 0 fully saturated rings. The summed E-state index contributed by atoms with van der Waals surface area (Å²) in [6.07, 6.45) is 4.06. The number of hydrogen-bond donors (Lipinski definition) is 1. The first-order valence-corrected chi connectivity index (χ1v) is 8.27. The number of pyridine rings is 1. The van der Waals surface area contributed by atoms with Gasteiger partial charge in [0.2, 0.25) is 0 Å². The topological polar surface area (TPSA) is 76.1 Å². The zero-order valence-corrected chi connectivity index (χ0v) is 12.9. The highest BCUT2D eigenvalue weighted by Crippen LogP contribution is 2.21. The Morgan fingerprint density at radius 3 is 2.60 bits per heavy atom. The molecule has 5 nitrogen and oxygen atoms in total. The van der Waals surface area contributed by atoms with Gasteiger partial charge in [-0.3, -0.25) is 9.78 Å². The molecule has 0 aliphatic rings. The van der Waals surface area contributed by atoms with Gasteiger partial charge in [-0.05, 0) is 34.1 Å². The van der Waals surface area contributed by atoms with Crippen molar-refractivity contribution in [3.63, 3.8) is 0 Å². The minimum Gasteiger partial charge on any atom is -0.321 e. The van der Waals surface area contributed by atoms with Crippen LogP contribution in [0.25, 0.3) is 0 Å². The predicted octanol–water partition coefficient (Wildman–Crippen LogP) is 2.50. The minimum atomic E-state index is -3.41. The molecule has 0 atom stereocenters. The molecule has 2 rings (SSSR count). The van der Waals surface area contributed by atoms with Gasteiger partial charge in [0.25, 0.3) is 5.91 Å². The van der Waals surface area contributed by atoms with Crippen LogP contribution in [0.4, 0.5) is 5.69 Å². The van der Waals surface area contributed by atoms with Gasteiger partial charge in [-0.1, -0.05) is 12.1 Å². The van der Waals surface area contributed by atoms with E-state index in [9.17, 15) is 13.2 Å². The Bertz CT molecular complexity index is 760. The maximum absolute atomic E-state index is 12.1. The van der Waals surface area contributed by atoms with Crippen molar-refractivity contribution in [1.82, 2.24) is 4.98 Å². The summed E-state index contributed by atoms with van der Waals surface area (Å²) in [4.78, 5) is 16.1. The van der Waals surface area contributed by atoms with Gasteiger partial charge in [0.05, 0.1) is 16.1 Å². The van der Waals surface area contributed by atoms with Gasteiger partial charge >= 0.3 is 0 Å². The van der Waals surface area contributed by atoms with E-state index in [4.69, 9.17) is 0 Å². The van der Waals surface area contributed by atoms with Crippen molar-refractivity contribution in [2.75, 3.05) is 11.6 Å². The normalized spacial score (nSPS) is 11.1. The van der Waals surface area contributed by atoms with Crippen LogP contribution in [0.3, 0.4) is 0 Å². The second kappa shape index (κ2) is 5.72. The number of rotatable bonds is 3. The molecule has 0 unspecified atom stereocenters. The Hall–Kier alpha value is -1.73. The van der Waals surface area contributed by atoms with Crippen LogP contribution in [-0.4, -0.2) is 25.6 Å². The lowest BCUT2D eigenvalue weighted by atomic mass is 10.2. The lowest BCUT2D eigenvalue weighted by molar-refractivity contribution is 0.102. The van der Waals surface area contributed by atoms with Gasteiger partial charge in [0.15, 0.2) is 9.84 Å². The fourth-order valence-electron chi connectivity index (χ4n) is 1.62. The Kier molecular flexibility index (Phi) is 4.20. The zero-order chi connectivity index (χ0) is 14.8. The van der Waals surface area contributed by atoms with Crippen LogP contribution >= 0.6 is 15.9 Å². The first-order chi connectivity index (χ1) is 9.38.